The van der Waals surface area contributed by atoms with Gasteiger partial charge in [-0.3, -0.25) is 14.4 Å². The van der Waals surface area contributed by atoms with Gasteiger partial charge in [-0.05, 0) is 63.6 Å². The summed E-state index contributed by atoms with van der Waals surface area (Å²) in [4.78, 5) is 62.9. The van der Waals surface area contributed by atoms with Crippen molar-refractivity contribution in [2.75, 3.05) is 11.9 Å². The Morgan fingerprint density at radius 1 is 1.00 bits per heavy atom. The first-order valence-corrected chi connectivity index (χ1v) is 14.0. The monoisotopic (exact) mass is 582 g/mol. The number of anilines is 1. The summed E-state index contributed by atoms with van der Waals surface area (Å²) in [5.41, 5.74) is -0.559. The first-order valence-electron chi connectivity index (χ1n) is 14.0. The molecule has 0 aliphatic heterocycles. The minimum Gasteiger partial charge on any atom is -0.458 e. The predicted molar refractivity (Wildman–Crippen MR) is 160 cm³/mol. The van der Waals surface area contributed by atoms with Crippen molar-refractivity contribution in [2.45, 2.75) is 78.7 Å². The standard InChI is InChI=1S/C31H42N4O7/c1-22(2)17-18-32-26(36)20-35-19-11-15-25(29(35)39)33-28(38)24(34-30(40)42-31(3,4)5)14-9-10-16-27(37)41-21-23-12-7-6-8-13-23/h6-8,10-13,15-16,19,22,24H,9,14,17-18,20-21H2,1-5H3,(H,32,36)(H,33,38)(H,34,40)/b16-10+/t24-/m0/s1. The lowest BCUT2D eigenvalue weighted by molar-refractivity contribution is -0.139. The Morgan fingerprint density at radius 2 is 1.71 bits per heavy atom. The molecule has 0 fully saturated rings. The van der Waals surface area contributed by atoms with Crippen molar-refractivity contribution in [2.24, 2.45) is 5.92 Å². The molecule has 1 atom stereocenters. The summed E-state index contributed by atoms with van der Waals surface area (Å²) in [6.45, 7) is 9.59. The predicted octanol–water partition coefficient (Wildman–Crippen LogP) is 3.92. The van der Waals surface area contributed by atoms with Gasteiger partial charge in [0, 0.05) is 18.8 Å². The normalized spacial score (nSPS) is 12.0. The SMILES string of the molecule is CC(C)CCNC(=O)Cn1cccc(NC(=O)[C@H](CC/C=C/C(=O)OCc2ccccc2)NC(=O)OC(C)(C)C)c1=O. The van der Waals surface area contributed by atoms with E-state index in [1.807, 2.05) is 44.2 Å². The largest absolute Gasteiger partial charge is 0.458 e. The van der Waals surface area contributed by atoms with Crippen LogP contribution < -0.4 is 21.5 Å². The smallest absolute Gasteiger partial charge is 0.408 e. The number of nitrogens with one attached hydrogen (secondary N) is 3. The van der Waals surface area contributed by atoms with Crippen LogP contribution in [0.2, 0.25) is 0 Å². The zero-order valence-corrected chi connectivity index (χ0v) is 25.0. The second kappa shape index (κ2) is 16.8. The molecule has 11 heteroatoms. The van der Waals surface area contributed by atoms with Crippen LogP contribution in [0.3, 0.4) is 0 Å². The number of benzene rings is 1. The van der Waals surface area contributed by atoms with Gasteiger partial charge in [0.2, 0.25) is 11.8 Å². The molecule has 0 saturated heterocycles. The van der Waals surface area contributed by atoms with Crippen molar-refractivity contribution in [1.82, 2.24) is 15.2 Å². The summed E-state index contributed by atoms with van der Waals surface area (Å²) in [7, 11) is 0. The molecule has 42 heavy (non-hydrogen) atoms. The summed E-state index contributed by atoms with van der Waals surface area (Å²) in [5.74, 6) is -1.09. The van der Waals surface area contributed by atoms with Gasteiger partial charge in [0.05, 0.1) is 0 Å². The van der Waals surface area contributed by atoms with Crippen molar-refractivity contribution in [1.29, 1.82) is 0 Å². The van der Waals surface area contributed by atoms with Gasteiger partial charge < -0.3 is 30.0 Å². The number of carbonyl (C=O) groups excluding carboxylic acids is 4. The van der Waals surface area contributed by atoms with Crippen LogP contribution in [-0.4, -0.2) is 46.6 Å². The third kappa shape index (κ3) is 13.3. The fraction of sp³-hybridized carbons (Fsp3) is 0.452. The molecule has 0 aliphatic rings. The number of ether oxygens (including phenoxy) is 2. The number of carbonyl (C=O) groups is 4. The van der Waals surface area contributed by atoms with Crippen molar-refractivity contribution < 1.29 is 28.7 Å². The van der Waals surface area contributed by atoms with Gasteiger partial charge in [0.25, 0.3) is 5.56 Å². The lowest BCUT2D eigenvalue weighted by atomic mass is 10.1. The summed E-state index contributed by atoms with van der Waals surface area (Å²) in [5, 5.41) is 7.85. The number of rotatable bonds is 14. The van der Waals surface area contributed by atoms with Crippen LogP contribution in [0.1, 0.15) is 59.4 Å². The Balaban J connectivity index is 2.04. The zero-order chi connectivity index (χ0) is 31.1. The zero-order valence-electron chi connectivity index (χ0n) is 25.0. The van der Waals surface area contributed by atoms with Crippen molar-refractivity contribution in [3.8, 4) is 0 Å². The Hall–Kier alpha value is -4.41. The molecular weight excluding hydrogens is 540 g/mol. The highest BCUT2D eigenvalue weighted by Crippen LogP contribution is 2.10. The highest BCUT2D eigenvalue weighted by Gasteiger charge is 2.25. The minimum absolute atomic E-state index is 0.0477. The topological polar surface area (TPSA) is 145 Å². The Labute approximate surface area is 246 Å². The highest BCUT2D eigenvalue weighted by atomic mass is 16.6. The molecule has 2 aromatic rings. The van der Waals surface area contributed by atoms with Gasteiger partial charge in [-0.2, -0.15) is 0 Å². The van der Waals surface area contributed by atoms with E-state index in [0.29, 0.717) is 12.5 Å². The van der Waals surface area contributed by atoms with E-state index in [1.165, 1.54) is 29.0 Å². The maximum Gasteiger partial charge on any atom is 0.408 e. The van der Waals surface area contributed by atoms with E-state index in [-0.39, 0.29) is 37.6 Å². The fourth-order valence-corrected chi connectivity index (χ4v) is 3.63. The van der Waals surface area contributed by atoms with Crippen molar-refractivity contribution in [3.63, 3.8) is 0 Å². The highest BCUT2D eigenvalue weighted by molar-refractivity contribution is 5.96. The molecule has 1 aromatic heterocycles. The molecule has 0 aliphatic carbocycles. The van der Waals surface area contributed by atoms with E-state index in [9.17, 15) is 24.0 Å². The number of pyridine rings is 1. The maximum absolute atomic E-state index is 13.2. The summed E-state index contributed by atoms with van der Waals surface area (Å²) in [6.07, 6.45) is 4.60. The average molecular weight is 583 g/mol. The third-order valence-electron chi connectivity index (χ3n) is 5.74. The average Bonchev–Trinajstić information content (AvgIpc) is 2.90. The number of aromatic nitrogens is 1. The molecule has 2 rings (SSSR count). The molecule has 0 spiro atoms. The van der Waals surface area contributed by atoms with Crippen molar-refractivity contribution >= 4 is 29.6 Å². The van der Waals surface area contributed by atoms with E-state index < -0.39 is 35.2 Å². The van der Waals surface area contributed by atoms with E-state index in [1.54, 1.807) is 26.8 Å². The van der Waals surface area contributed by atoms with E-state index in [4.69, 9.17) is 9.47 Å². The Morgan fingerprint density at radius 3 is 2.38 bits per heavy atom. The summed E-state index contributed by atoms with van der Waals surface area (Å²) in [6, 6.07) is 11.1. The molecule has 0 bridgehead atoms. The number of nitrogens with zero attached hydrogens (tertiary/aromatic N) is 1. The summed E-state index contributed by atoms with van der Waals surface area (Å²) >= 11 is 0. The van der Waals surface area contributed by atoms with Crippen LogP contribution in [0.4, 0.5) is 10.5 Å². The van der Waals surface area contributed by atoms with Gasteiger partial charge in [-0.1, -0.05) is 50.3 Å². The molecule has 3 amide bonds. The first-order chi connectivity index (χ1) is 19.8. The van der Waals surface area contributed by atoms with Gasteiger partial charge in [-0.25, -0.2) is 9.59 Å². The second-order valence-corrected chi connectivity index (χ2v) is 11.1. The number of esters is 1. The Bertz CT molecular complexity index is 1280. The maximum atomic E-state index is 13.2. The van der Waals surface area contributed by atoms with Crippen LogP contribution in [0, 0.1) is 5.92 Å². The van der Waals surface area contributed by atoms with Crippen LogP contribution in [-0.2, 0) is 37.0 Å². The molecule has 0 saturated carbocycles. The van der Waals surface area contributed by atoms with Gasteiger partial charge >= 0.3 is 12.1 Å². The van der Waals surface area contributed by atoms with Crippen LogP contribution >= 0.6 is 0 Å². The fourth-order valence-electron chi connectivity index (χ4n) is 3.63. The lowest BCUT2D eigenvalue weighted by Crippen LogP contribution is -2.46. The molecule has 1 heterocycles. The number of hydrogen-bond donors (Lipinski definition) is 3. The van der Waals surface area contributed by atoms with Gasteiger partial charge in [0.15, 0.2) is 0 Å². The third-order valence-corrected chi connectivity index (χ3v) is 5.74. The van der Waals surface area contributed by atoms with Gasteiger partial charge in [-0.15, -0.1) is 0 Å². The molecule has 228 valence electrons. The quantitative estimate of drug-likeness (QED) is 0.226. The summed E-state index contributed by atoms with van der Waals surface area (Å²) < 4.78 is 11.7. The lowest BCUT2D eigenvalue weighted by Gasteiger charge is -2.23. The molecule has 1 aromatic carbocycles. The number of allylic oxidation sites excluding steroid dienone is 1. The number of hydrogen-bond acceptors (Lipinski definition) is 7. The van der Waals surface area contributed by atoms with Crippen molar-refractivity contribution in [3.05, 3.63) is 76.7 Å². The molecule has 3 N–H and O–H groups in total. The van der Waals surface area contributed by atoms with E-state index in [0.717, 1.165) is 12.0 Å². The first kappa shape index (κ1) is 33.8. The number of amides is 3. The minimum atomic E-state index is -1.09. The van der Waals surface area contributed by atoms with E-state index >= 15 is 0 Å². The van der Waals surface area contributed by atoms with Crippen LogP contribution in [0.5, 0.6) is 0 Å². The van der Waals surface area contributed by atoms with Gasteiger partial charge in [0.1, 0.15) is 30.5 Å². The number of alkyl carbamates (subject to hydrolysis) is 1. The molecule has 0 unspecified atom stereocenters. The Kier molecular flexibility index (Phi) is 13.5. The second-order valence-electron chi connectivity index (χ2n) is 11.1. The molecule has 0 radical (unpaired) electrons. The van der Waals surface area contributed by atoms with Crippen LogP contribution in [0.25, 0.3) is 0 Å². The van der Waals surface area contributed by atoms with Crippen LogP contribution in [0.15, 0.2) is 65.6 Å². The van der Waals surface area contributed by atoms with E-state index in [2.05, 4.69) is 16.0 Å². The molecule has 11 nitrogen and oxygen atoms in total. The molecular formula is C31H42N4O7.